The smallest absolute Gasteiger partial charge is 0.141 e. The molecule has 0 bridgehead atoms. The highest BCUT2D eigenvalue weighted by Crippen LogP contribution is 2.16. The summed E-state index contributed by atoms with van der Waals surface area (Å²) in [4.78, 5) is 3.78. The molecule has 14 heavy (non-hydrogen) atoms. The number of aromatic nitrogens is 1. The van der Waals surface area contributed by atoms with Crippen LogP contribution in [0.4, 0.5) is 4.39 Å². The van der Waals surface area contributed by atoms with Gasteiger partial charge < -0.3 is 10.8 Å². The Hall–Kier alpha value is -1.00. The number of pyridine rings is 1. The van der Waals surface area contributed by atoms with Crippen LogP contribution in [0.2, 0.25) is 0 Å². The molecule has 0 saturated heterocycles. The molecule has 1 aromatic rings. The molecule has 0 aliphatic heterocycles. The SMILES string of the molecule is CCC(N)CC(O)c1ccc(F)cn1. The fraction of sp³-hybridized carbons (Fsp3) is 0.500. The van der Waals surface area contributed by atoms with Crippen LogP contribution < -0.4 is 5.73 Å². The van der Waals surface area contributed by atoms with Gasteiger partial charge in [0.2, 0.25) is 0 Å². The van der Waals surface area contributed by atoms with Gasteiger partial charge in [-0.3, -0.25) is 4.98 Å². The second-order valence-corrected chi connectivity index (χ2v) is 3.32. The van der Waals surface area contributed by atoms with Crippen molar-refractivity contribution in [1.82, 2.24) is 4.98 Å². The maximum Gasteiger partial charge on any atom is 0.141 e. The molecule has 2 unspecified atom stereocenters. The molecule has 3 nitrogen and oxygen atoms in total. The highest BCUT2D eigenvalue weighted by Gasteiger charge is 2.12. The van der Waals surface area contributed by atoms with E-state index in [1.165, 1.54) is 12.1 Å². The topological polar surface area (TPSA) is 59.1 Å². The Labute approximate surface area is 82.8 Å². The first kappa shape index (κ1) is 11.1. The van der Waals surface area contributed by atoms with Gasteiger partial charge in [-0.2, -0.15) is 0 Å². The summed E-state index contributed by atoms with van der Waals surface area (Å²) >= 11 is 0. The van der Waals surface area contributed by atoms with Gasteiger partial charge in [0.25, 0.3) is 0 Å². The second kappa shape index (κ2) is 5.02. The number of hydrogen-bond acceptors (Lipinski definition) is 3. The molecule has 2 atom stereocenters. The normalized spacial score (nSPS) is 15.1. The van der Waals surface area contributed by atoms with Gasteiger partial charge in [0.1, 0.15) is 5.82 Å². The van der Waals surface area contributed by atoms with Crippen molar-refractivity contribution in [1.29, 1.82) is 0 Å². The molecule has 4 heteroatoms. The van der Waals surface area contributed by atoms with Crippen molar-refractivity contribution in [3.05, 3.63) is 29.8 Å². The zero-order valence-corrected chi connectivity index (χ0v) is 8.15. The molecule has 0 aliphatic carbocycles. The van der Waals surface area contributed by atoms with Crippen molar-refractivity contribution in [2.75, 3.05) is 0 Å². The number of aliphatic hydroxyl groups excluding tert-OH is 1. The van der Waals surface area contributed by atoms with Gasteiger partial charge in [0.15, 0.2) is 0 Å². The lowest BCUT2D eigenvalue weighted by Crippen LogP contribution is -2.22. The predicted molar refractivity (Wildman–Crippen MR) is 52.0 cm³/mol. The summed E-state index contributed by atoms with van der Waals surface area (Å²) in [5.41, 5.74) is 6.15. The number of nitrogens with two attached hydrogens (primary N) is 1. The van der Waals surface area contributed by atoms with Gasteiger partial charge in [-0.25, -0.2) is 4.39 Å². The fourth-order valence-electron chi connectivity index (χ4n) is 1.16. The van der Waals surface area contributed by atoms with E-state index in [0.717, 1.165) is 12.6 Å². The molecule has 0 saturated carbocycles. The molecule has 1 rings (SSSR count). The lowest BCUT2D eigenvalue weighted by atomic mass is 10.1. The maximum absolute atomic E-state index is 12.5. The van der Waals surface area contributed by atoms with Crippen molar-refractivity contribution < 1.29 is 9.50 Å². The Kier molecular flexibility index (Phi) is 3.98. The molecule has 0 aliphatic rings. The van der Waals surface area contributed by atoms with Crippen molar-refractivity contribution >= 4 is 0 Å². The van der Waals surface area contributed by atoms with Crippen LogP contribution in [0.15, 0.2) is 18.3 Å². The van der Waals surface area contributed by atoms with E-state index < -0.39 is 11.9 Å². The third-order valence-electron chi connectivity index (χ3n) is 2.14. The number of halogens is 1. The Bertz CT molecular complexity index is 276. The third kappa shape index (κ3) is 3.05. The summed E-state index contributed by atoms with van der Waals surface area (Å²) in [5, 5.41) is 9.65. The molecular weight excluding hydrogens is 183 g/mol. The van der Waals surface area contributed by atoms with Crippen LogP contribution in [0.5, 0.6) is 0 Å². The van der Waals surface area contributed by atoms with Gasteiger partial charge in [-0.15, -0.1) is 0 Å². The summed E-state index contributed by atoms with van der Waals surface area (Å²) in [7, 11) is 0. The van der Waals surface area contributed by atoms with Gasteiger partial charge in [-0.05, 0) is 25.0 Å². The minimum absolute atomic E-state index is 0.0446. The number of nitrogens with zero attached hydrogens (tertiary/aromatic N) is 1. The minimum Gasteiger partial charge on any atom is -0.387 e. The summed E-state index contributed by atoms with van der Waals surface area (Å²) in [6.07, 6.45) is 1.65. The minimum atomic E-state index is -0.703. The van der Waals surface area contributed by atoms with Crippen LogP contribution in [0.25, 0.3) is 0 Å². The lowest BCUT2D eigenvalue weighted by Gasteiger charge is -2.14. The number of rotatable bonds is 4. The van der Waals surface area contributed by atoms with E-state index in [1.54, 1.807) is 0 Å². The first-order valence-electron chi connectivity index (χ1n) is 4.68. The van der Waals surface area contributed by atoms with Crippen LogP contribution in [-0.2, 0) is 0 Å². The number of hydrogen-bond donors (Lipinski definition) is 2. The summed E-state index contributed by atoms with van der Waals surface area (Å²) < 4.78 is 12.5. The van der Waals surface area contributed by atoms with Crippen LogP contribution in [-0.4, -0.2) is 16.1 Å². The van der Waals surface area contributed by atoms with Gasteiger partial charge in [0.05, 0.1) is 18.0 Å². The van der Waals surface area contributed by atoms with E-state index in [2.05, 4.69) is 4.98 Å². The van der Waals surface area contributed by atoms with Gasteiger partial charge in [0, 0.05) is 6.04 Å². The molecule has 1 heterocycles. The van der Waals surface area contributed by atoms with Crippen LogP contribution in [0.3, 0.4) is 0 Å². The zero-order valence-electron chi connectivity index (χ0n) is 8.15. The highest BCUT2D eigenvalue weighted by atomic mass is 19.1. The van der Waals surface area contributed by atoms with Crippen molar-refractivity contribution in [3.8, 4) is 0 Å². The molecule has 1 aromatic heterocycles. The van der Waals surface area contributed by atoms with Gasteiger partial charge in [-0.1, -0.05) is 6.92 Å². The van der Waals surface area contributed by atoms with Crippen molar-refractivity contribution in [3.63, 3.8) is 0 Å². The fourth-order valence-corrected chi connectivity index (χ4v) is 1.16. The van der Waals surface area contributed by atoms with E-state index in [1.807, 2.05) is 6.92 Å². The van der Waals surface area contributed by atoms with Crippen LogP contribution >= 0.6 is 0 Å². The monoisotopic (exact) mass is 198 g/mol. The summed E-state index contributed by atoms with van der Waals surface area (Å²) in [5.74, 6) is -0.402. The maximum atomic E-state index is 12.5. The molecule has 0 spiro atoms. The van der Waals surface area contributed by atoms with E-state index in [9.17, 15) is 9.50 Å². The second-order valence-electron chi connectivity index (χ2n) is 3.32. The largest absolute Gasteiger partial charge is 0.387 e. The van der Waals surface area contributed by atoms with Crippen LogP contribution in [0.1, 0.15) is 31.6 Å². The molecule has 0 radical (unpaired) electrons. The zero-order chi connectivity index (χ0) is 10.6. The molecule has 0 aromatic carbocycles. The standard InChI is InChI=1S/C10H15FN2O/c1-2-8(12)5-10(14)9-4-3-7(11)6-13-9/h3-4,6,8,10,14H,2,5,12H2,1H3. The summed E-state index contributed by atoms with van der Waals surface area (Å²) in [6.45, 7) is 1.95. The highest BCUT2D eigenvalue weighted by molar-refractivity contribution is 5.08. The lowest BCUT2D eigenvalue weighted by molar-refractivity contribution is 0.152. The average Bonchev–Trinajstić information content (AvgIpc) is 2.18. The third-order valence-corrected chi connectivity index (χ3v) is 2.14. The molecular formula is C10H15FN2O. The summed E-state index contributed by atoms with van der Waals surface area (Å²) in [6, 6.07) is 2.71. The van der Waals surface area contributed by atoms with Crippen molar-refractivity contribution in [2.45, 2.75) is 31.9 Å². The van der Waals surface area contributed by atoms with E-state index in [-0.39, 0.29) is 6.04 Å². The van der Waals surface area contributed by atoms with E-state index in [4.69, 9.17) is 5.73 Å². The first-order valence-corrected chi connectivity index (χ1v) is 4.68. The average molecular weight is 198 g/mol. The van der Waals surface area contributed by atoms with Gasteiger partial charge >= 0.3 is 0 Å². The Morgan fingerprint density at radius 2 is 2.29 bits per heavy atom. The van der Waals surface area contributed by atoms with E-state index in [0.29, 0.717) is 12.1 Å². The van der Waals surface area contributed by atoms with E-state index >= 15 is 0 Å². The quantitative estimate of drug-likeness (QED) is 0.768. The number of aliphatic hydroxyl groups is 1. The Morgan fingerprint density at radius 3 is 2.79 bits per heavy atom. The molecule has 78 valence electrons. The Balaban J connectivity index is 2.60. The molecule has 0 fully saturated rings. The first-order chi connectivity index (χ1) is 6.63. The predicted octanol–water partition coefficient (Wildman–Crippen LogP) is 1.38. The molecule has 0 amide bonds. The van der Waals surface area contributed by atoms with Crippen molar-refractivity contribution in [2.24, 2.45) is 5.73 Å². The Morgan fingerprint density at radius 1 is 1.57 bits per heavy atom. The van der Waals surface area contributed by atoms with Crippen LogP contribution in [0, 0.1) is 5.82 Å². The molecule has 3 N–H and O–H groups in total.